The Kier molecular flexibility index (Phi) is 7.32. The van der Waals surface area contributed by atoms with E-state index in [1.807, 2.05) is 12.3 Å². The number of hydrogen-bond acceptors (Lipinski definition) is 4. The molecular formula is C21H31NO2SSi. The summed E-state index contributed by atoms with van der Waals surface area (Å²) < 4.78 is 12.1. The summed E-state index contributed by atoms with van der Waals surface area (Å²) in [6.45, 7) is 14.5. The largest absolute Gasteiger partial charge is 0.474 e. The van der Waals surface area contributed by atoms with Crippen LogP contribution < -0.4 is 4.74 Å². The van der Waals surface area contributed by atoms with E-state index in [1.165, 1.54) is 5.56 Å². The molecule has 0 radical (unpaired) electrons. The smallest absolute Gasteiger partial charge is 0.227 e. The highest BCUT2D eigenvalue weighted by Gasteiger charge is 2.36. The van der Waals surface area contributed by atoms with E-state index in [1.54, 1.807) is 11.8 Å². The fourth-order valence-electron chi connectivity index (χ4n) is 2.13. The molecule has 0 aliphatic carbocycles. The van der Waals surface area contributed by atoms with Gasteiger partial charge in [-0.3, -0.25) is 0 Å². The highest BCUT2D eigenvalue weighted by Crippen LogP contribution is 2.36. The highest BCUT2D eigenvalue weighted by molar-refractivity contribution is 7.98. The van der Waals surface area contributed by atoms with Crippen LogP contribution in [-0.4, -0.2) is 26.5 Å². The van der Waals surface area contributed by atoms with Crippen LogP contribution in [-0.2, 0) is 10.2 Å². The van der Waals surface area contributed by atoms with Crippen LogP contribution in [0.3, 0.4) is 0 Å². The van der Waals surface area contributed by atoms with Gasteiger partial charge in [0, 0.05) is 11.9 Å². The van der Waals surface area contributed by atoms with Crippen molar-refractivity contribution >= 4 is 20.1 Å². The molecule has 26 heavy (non-hydrogen) atoms. The molecule has 0 saturated carbocycles. The number of aryl methyl sites for hydroxylation is 1. The van der Waals surface area contributed by atoms with Crippen LogP contribution in [0.1, 0.15) is 31.9 Å². The van der Waals surface area contributed by atoms with Gasteiger partial charge in [-0.15, -0.1) is 11.8 Å². The van der Waals surface area contributed by atoms with Crippen LogP contribution in [0.15, 0.2) is 47.5 Å². The predicted molar refractivity (Wildman–Crippen MR) is 114 cm³/mol. The molecule has 5 heteroatoms. The van der Waals surface area contributed by atoms with Gasteiger partial charge in [-0.05, 0) is 42.2 Å². The molecule has 0 N–H and O–H groups in total. The summed E-state index contributed by atoms with van der Waals surface area (Å²) in [6.07, 6.45) is 1.86. The van der Waals surface area contributed by atoms with Crippen molar-refractivity contribution in [2.45, 2.75) is 56.5 Å². The van der Waals surface area contributed by atoms with E-state index < -0.39 is 8.32 Å². The predicted octanol–water partition coefficient (Wildman–Crippen LogP) is 6.08. The fraction of sp³-hybridized carbons (Fsp3) is 0.476. The quantitative estimate of drug-likeness (QED) is 0.311. The Morgan fingerprint density at radius 2 is 1.77 bits per heavy atom. The molecule has 1 heterocycles. The van der Waals surface area contributed by atoms with Gasteiger partial charge in [0.25, 0.3) is 0 Å². The van der Waals surface area contributed by atoms with Crippen molar-refractivity contribution in [1.29, 1.82) is 0 Å². The average Bonchev–Trinajstić information content (AvgIpc) is 2.58. The van der Waals surface area contributed by atoms with Crippen molar-refractivity contribution in [3.05, 3.63) is 53.7 Å². The van der Waals surface area contributed by atoms with Gasteiger partial charge >= 0.3 is 0 Å². The first-order valence-corrected chi connectivity index (χ1v) is 13.0. The second-order valence-corrected chi connectivity index (χ2v) is 13.9. The topological polar surface area (TPSA) is 31.4 Å². The number of thioether (sulfide) groups is 1. The third-order valence-electron chi connectivity index (χ3n) is 4.78. The maximum absolute atomic E-state index is 6.19. The van der Waals surface area contributed by atoms with E-state index in [9.17, 15) is 0 Å². The molecule has 2 rings (SSSR count). The van der Waals surface area contributed by atoms with Crippen molar-refractivity contribution in [2.24, 2.45) is 0 Å². The van der Waals surface area contributed by atoms with Gasteiger partial charge in [-0.1, -0.05) is 51.1 Å². The first-order chi connectivity index (χ1) is 12.2. The summed E-state index contributed by atoms with van der Waals surface area (Å²) in [4.78, 5) is 5.57. The number of rotatable bonds is 8. The standard InChI is InChI=1S/C21H31NO2SSi/c1-17-14-19(25-16-18-10-8-7-9-11-18)20(22-15-17)23-12-13-24-26(5,6)21(2,3)4/h7-11,14-15H,12-13,16H2,1-6H3. The Bertz CT molecular complexity index is 699. The summed E-state index contributed by atoms with van der Waals surface area (Å²) >= 11 is 1.76. The number of hydrogen-bond donors (Lipinski definition) is 0. The lowest BCUT2D eigenvalue weighted by molar-refractivity contribution is 0.196. The normalized spacial score (nSPS) is 12.2. The van der Waals surface area contributed by atoms with Crippen LogP contribution in [0.4, 0.5) is 0 Å². The third kappa shape index (κ3) is 6.15. The van der Waals surface area contributed by atoms with Gasteiger partial charge in [-0.2, -0.15) is 0 Å². The highest BCUT2D eigenvalue weighted by atomic mass is 32.2. The van der Waals surface area contributed by atoms with E-state index in [2.05, 4.69) is 76.1 Å². The molecule has 0 amide bonds. The van der Waals surface area contributed by atoms with Crippen LogP contribution in [0.25, 0.3) is 0 Å². The summed E-state index contributed by atoms with van der Waals surface area (Å²) in [5.41, 5.74) is 2.44. The van der Waals surface area contributed by atoms with Crippen LogP contribution >= 0.6 is 11.8 Å². The van der Waals surface area contributed by atoms with Crippen LogP contribution in [0.5, 0.6) is 5.88 Å². The molecular weight excluding hydrogens is 358 g/mol. The lowest BCUT2D eigenvalue weighted by atomic mass is 10.2. The minimum absolute atomic E-state index is 0.214. The molecule has 3 nitrogen and oxygen atoms in total. The fourth-order valence-corrected chi connectivity index (χ4v) is 4.17. The zero-order valence-corrected chi connectivity index (χ0v) is 18.7. The molecule has 0 spiro atoms. The summed E-state index contributed by atoms with van der Waals surface area (Å²) in [5, 5.41) is 0.214. The monoisotopic (exact) mass is 389 g/mol. The molecule has 0 unspecified atom stereocenters. The number of nitrogens with zero attached hydrogens (tertiary/aromatic N) is 1. The van der Waals surface area contributed by atoms with E-state index in [4.69, 9.17) is 9.16 Å². The summed E-state index contributed by atoms with van der Waals surface area (Å²) in [7, 11) is -1.73. The molecule has 0 aliphatic rings. The number of benzene rings is 1. The van der Waals surface area contributed by atoms with Crippen LogP contribution in [0, 0.1) is 6.92 Å². The lowest BCUT2D eigenvalue weighted by Gasteiger charge is -2.36. The second kappa shape index (κ2) is 9.06. The summed E-state index contributed by atoms with van der Waals surface area (Å²) in [5.74, 6) is 1.61. The molecule has 142 valence electrons. The van der Waals surface area contributed by atoms with Gasteiger partial charge in [0.15, 0.2) is 8.32 Å². The van der Waals surface area contributed by atoms with Crippen molar-refractivity contribution in [3.8, 4) is 5.88 Å². The van der Waals surface area contributed by atoms with Crippen molar-refractivity contribution < 1.29 is 9.16 Å². The number of ether oxygens (including phenoxy) is 1. The van der Waals surface area contributed by atoms with Crippen LogP contribution in [0.2, 0.25) is 18.1 Å². The molecule has 1 aromatic carbocycles. The van der Waals surface area contributed by atoms with Crippen molar-refractivity contribution in [3.63, 3.8) is 0 Å². The Hall–Kier alpha value is -1.30. The molecule has 0 aliphatic heterocycles. The first-order valence-electron chi connectivity index (χ1n) is 9.09. The minimum Gasteiger partial charge on any atom is -0.474 e. The minimum atomic E-state index is -1.73. The number of aromatic nitrogens is 1. The molecule has 0 bridgehead atoms. The SMILES string of the molecule is Cc1cnc(OCCO[Si](C)(C)C(C)(C)C)c(SCc2ccccc2)c1. The Labute approximate surface area is 163 Å². The van der Waals surface area contributed by atoms with Crippen molar-refractivity contribution in [1.82, 2.24) is 4.98 Å². The van der Waals surface area contributed by atoms with E-state index >= 15 is 0 Å². The zero-order valence-electron chi connectivity index (χ0n) is 16.8. The molecule has 0 fully saturated rings. The number of pyridine rings is 1. The van der Waals surface area contributed by atoms with Gasteiger partial charge in [-0.25, -0.2) is 4.98 Å². The maximum Gasteiger partial charge on any atom is 0.227 e. The summed E-state index contributed by atoms with van der Waals surface area (Å²) in [6, 6.07) is 12.6. The lowest BCUT2D eigenvalue weighted by Crippen LogP contribution is -2.41. The Balaban J connectivity index is 1.93. The van der Waals surface area contributed by atoms with Gasteiger partial charge < -0.3 is 9.16 Å². The molecule has 0 atom stereocenters. The van der Waals surface area contributed by atoms with Crippen molar-refractivity contribution in [2.75, 3.05) is 13.2 Å². The Morgan fingerprint density at radius 3 is 2.42 bits per heavy atom. The Morgan fingerprint density at radius 1 is 1.08 bits per heavy atom. The van der Waals surface area contributed by atoms with E-state index in [0.717, 1.165) is 16.2 Å². The third-order valence-corrected chi connectivity index (χ3v) is 10.4. The van der Waals surface area contributed by atoms with Gasteiger partial charge in [0.05, 0.1) is 11.5 Å². The van der Waals surface area contributed by atoms with E-state index in [0.29, 0.717) is 19.1 Å². The zero-order chi connectivity index (χ0) is 19.2. The average molecular weight is 390 g/mol. The first kappa shape index (κ1) is 21.0. The second-order valence-electron chi connectivity index (χ2n) is 8.05. The molecule has 2 aromatic rings. The maximum atomic E-state index is 6.19. The molecule has 0 saturated heterocycles. The van der Waals surface area contributed by atoms with E-state index in [-0.39, 0.29) is 5.04 Å². The van der Waals surface area contributed by atoms with Gasteiger partial charge in [0.1, 0.15) is 6.61 Å². The van der Waals surface area contributed by atoms with Gasteiger partial charge in [0.2, 0.25) is 5.88 Å². The molecule has 1 aromatic heterocycles.